The summed E-state index contributed by atoms with van der Waals surface area (Å²) in [7, 11) is 1.59. The predicted octanol–water partition coefficient (Wildman–Crippen LogP) is 2.95. The van der Waals surface area contributed by atoms with Crippen LogP contribution in [0.15, 0.2) is 24.3 Å². The maximum Gasteiger partial charge on any atom is 0.407 e. The van der Waals surface area contributed by atoms with Crippen LogP contribution in [0.1, 0.15) is 32.4 Å². The van der Waals surface area contributed by atoms with E-state index < -0.39 is 12.1 Å². The molecular weight excluding hydrogens is 270 g/mol. The topological polar surface area (TPSA) is 64.6 Å². The fraction of sp³-hybridized carbons (Fsp3) is 0.500. The minimum Gasteiger partial charge on any atom is -0.497 e. The smallest absolute Gasteiger partial charge is 0.407 e. The summed E-state index contributed by atoms with van der Waals surface area (Å²) >= 11 is 0. The van der Waals surface area contributed by atoms with Gasteiger partial charge in [-0.25, -0.2) is 4.79 Å². The van der Waals surface area contributed by atoms with Crippen LogP contribution in [0.2, 0.25) is 0 Å². The number of aldehydes is 1. The summed E-state index contributed by atoms with van der Waals surface area (Å²) in [5.74, 6) is 0.486. The summed E-state index contributed by atoms with van der Waals surface area (Å²) in [5.41, 5.74) is 0.842. The molecular formula is C16H23NO4. The van der Waals surface area contributed by atoms with Gasteiger partial charge in [-0.3, -0.25) is 0 Å². The second-order valence-electron chi connectivity index (χ2n) is 5.07. The molecule has 0 aliphatic carbocycles. The second kappa shape index (κ2) is 8.29. The normalized spacial score (nSPS) is 13.4. The van der Waals surface area contributed by atoms with E-state index in [0.717, 1.165) is 17.6 Å². The van der Waals surface area contributed by atoms with E-state index >= 15 is 0 Å². The average Bonchev–Trinajstić information content (AvgIpc) is 2.47. The van der Waals surface area contributed by atoms with Crippen molar-refractivity contribution in [2.45, 2.75) is 26.8 Å². The van der Waals surface area contributed by atoms with Gasteiger partial charge in [0.05, 0.1) is 19.8 Å². The van der Waals surface area contributed by atoms with Gasteiger partial charge in [-0.15, -0.1) is 0 Å². The van der Waals surface area contributed by atoms with Gasteiger partial charge in [-0.1, -0.05) is 26.0 Å². The van der Waals surface area contributed by atoms with Crippen LogP contribution < -0.4 is 10.1 Å². The van der Waals surface area contributed by atoms with Gasteiger partial charge in [0.1, 0.15) is 12.0 Å². The molecule has 0 heterocycles. The Bertz CT molecular complexity index is 456. The van der Waals surface area contributed by atoms with E-state index in [1.807, 2.05) is 26.0 Å². The fourth-order valence-corrected chi connectivity index (χ4v) is 2.13. The van der Waals surface area contributed by atoms with Gasteiger partial charge >= 0.3 is 6.09 Å². The number of hydrogen-bond donors (Lipinski definition) is 1. The van der Waals surface area contributed by atoms with E-state index in [-0.39, 0.29) is 18.4 Å². The highest BCUT2D eigenvalue weighted by molar-refractivity contribution is 5.69. The molecule has 0 spiro atoms. The van der Waals surface area contributed by atoms with Crippen LogP contribution in [-0.2, 0) is 9.53 Å². The monoisotopic (exact) mass is 293 g/mol. The Hall–Kier alpha value is -2.04. The summed E-state index contributed by atoms with van der Waals surface area (Å²) in [5, 5.41) is 2.77. The van der Waals surface area contributed by atoms with Crippen molar-refractivity contribution < 1.29 is 19.1 Å². The molecule has 1 amide bonds. The van der Waals surface area contributed by atoms with Gasteiger partial charge in [0, 0.05) is 5.92 Å². The minimum absolute atomic E-state index is 0.0940. The van der Waals surface area contributed by atoms with Gasteiger partial charge in [0.15, 0.2) is 0 Å². The van der Waals surface area contributed by atoms with E-state index in [4.69, 9.17) is 9.47 Å². The largest absolute Gasteiger partial charge is 0.497 e. The standard InChI is InChI=1S/C16H23NO4/c1-5-21-16(19)17-15(14(10-18)11(2)3)12-6-8-13(20-4)9-7-12/h6-11,14-15H,5H2,1-4H3,(H,17,19)/t14-,15-/m0/s1. The lowest BCUT2D eigenvalue weighted by Crippen LogP contribution is -2.36. The minimum atomic E-state index is -0.522. The molecule has 0 fully saturated rings. The molecule has 0 aliphatic heterocycles. The van der Waals surface area contributed by atoms with Crippen molar-refractivity contribution in [1.82, 2.24) is 5.32 Å². The Morgan fingerprint density at radius 2 is 1.90 bits per heavy atom. The summed E-state index contributed by atoms with van der Waals surface area (Å²) in [4.78, 5) is 23.1. The first kappa shape index (κ1) is 17.0. The molecule has 1 N–H and O–H groups in total. The van der Waals surface area contributed by atoms with Crippen LogP contribution in [0.25, 0.3) is 0 Å². The Labute approximate surface area is 125 Å². The van der Waals surface area contributed by atoms with Crippen LogP contribution >= 0.6 is 0 Å². The van der Waals surface area contributed by atoms with Crippen molar-refractivity contribution in [2.24, 2.45) is 11.8 Å². The summed E-state index contributed by atoms with van der Waals surface area (Å²) in [6, 6.07) is 6.87. The fourth-order valence-electron chi connectivity index (χ4n) is 2.13. The van der Waals surface area contributed by atoms with E-state index in [1.165, 1.54) is 0 Å². The zero-order chi connectivity index (χ0) is 15.8. The molecule has 0 aliphatic rings. The van der Waals surface area contributed by atoms with Crippen molar-refractivity contribution in [3.63, 3.8) is 0 Å². The SMILES string of the molecule is CCOC(=O)N[C@@H](c1ccc(OC)cc1)[C@@H](C=O)C(C)C. The quantitative estimate of drug-likeness (QED) is 0.785. The summed E-state index contributed by atoms with van der Waals surface area (Å²) in [6.45, 7) is 5.92. The van der Waals surface area contributed by atoms with Crippen LogP contribution in [0, 0.1) is 11.8 Å². The van der Waals surface area contributed by atoms with E-state index in [9.17, 15) is 9.59 Å². The van der Waals surface area contributed by atoms with Gasteiger partial charge in [-0.2, -0.15) is 0 Å². The lowest BCUT2D eigenvalue weighted by Gasteiger charge is -2.27. The zero-order valence-corrected chi connectivity index (χ0v) is 13.0. The van der Waals surface area contributed by atoms with E-state index in [2.05, 4.69) is 5.32 Å². The molecule has 1 aromatic carbocycles. The highest BCUT2D eigenvalue weighted by Gasteiger charge is 2.27. The number of alkyl carbamates (subject to hydrolysis) is 1. The number of carbonyl (C=O) groups is 2. The molecule has 0 bridgehead atoms. The molecule has 21 heavy (non-hydrogen) atoms. The molecule has 1 rings (SSSR count). The number of carbonyl (C=O) groups excluding carboxylic acids is 2. The van der Waals surface area contributed by atoms with E-state index in [0.29, 0.717) is 0 Å². The van der Waals surface area contributed by atoms with Crippen molar-refractivity contribution in [1.29, 1.82) is 0 Å². The highest BCUT2D eigenvalue weighted by Crippen LogP contribution is 2.28. The lowest BCUT2D eigenvalue weighted by molar-refractivity contribution is -0.113. The van der Waals surface area contributed by atoms with Gasteiger partial charge in [-0.05, 0) is 30.5 Å². The molecule has 1 aromatic rings. The van der Waals surface area contributed by atoms with Crippen molar-refractivity contribution in [3.05, 3.63) is 29.8 Å². The molecule has 5 heteroatoms. The third-order valence-electron chi connectivity index (χ3n) is 3.34. The Morgan fingerprint density at radius 1 is 1.29 bits per heavy atom. The van der Waals surface area contributed by atoms with Gasteiger partial charge < -0.3 is 19.6 Å². The zero-order valence-electron chi connectivity index (χ0n) is 13.0. The number of benzene rings is 1. The second-order valence-corrected chi connectivity index (χ2v) is 5.07. The maximum absolute atomic E-state index is 11.7. The summed E-state index contributed by atoms with van der Waals surface area (Å²) < 4.78 is 10.0. The van der Waals surface area contributed by atoms with Gasteiger partial charge in [0.25, 0.3) is 0 Å². The Morgan fingerprint density at radius 3 is 2.33 bits per heavy atom. The first-order valence-electron chi connectivity index (χ1n) is 7.06. The molecule has 5 nitrogen and oxygen atoms in total. The lowest BCUT2D eigenvalue weighted by atomic mass is 9.85. The number of nitrogens with one attached hydrogen (secondary N) is 1. The number of hydrogen-bond acceptors (Lipinski definition) is 4. The maximum atomic E-state index is 11.7. The van der Waals surface area contributed by atoms with Crippen LogP contribution in [0.5, 0.6) is 5.75 Å². The number of ether oxygens (including phenoxy) is 2. The van der Waals surface area contributed by atoms with Crippen molar-refractivity contribution in [3.8, 4) is 5.75 Å². The first-order valence-corrected chi connectivity index (χ1v) is 7.06. The third kappa shape index (κ3) is 4.77. The number of amides is 1. The van der Waals surface area contributed by atoms with Crippen molar-refractivity contribution >= 4 is 12.4 Å². The molecule has 2 atom stereocenters. The molecule has 0 saturated carbocycles. The van der Waals surface area contributed by atoms with E-state index in [1.54, 1.807) is 26.2 Å². The average molecular weight is 293 g/mol. The van der Waals surface area contributed by atoms with Crippen LogP contribution in [-0.4, -0.2) is 26.1 Å². The predicted molar refractivity (Wildman–Crippen MR) is 80.3 cm³/mol. The van der Waals surface area contributed by atoms with Gasteiger partial charge in [0.2, 0.25) is 0 Å². The van der Waals surface area contributed by atoms with Crippen LogP contribution in [0.4, 0.5) is 4.79 Å². The summed E-state index contributed by atoms with van der Waals surface area (Å²) in [6.07, 6.45) is 0.358. The molecule has 116 valence electrons. The Kier molecular flexibility index (Phi) is 6.72. The molecule has 0 unspecified atom stereocenters. The number of rotatable bonds is 7. The molecule has 0 radical (unpaired) electrons. The van der Waals surface area contributed by atoms with Crippen molar-refractivity contribution in [2.75, 3.05) is 13.7 Å². The molecule has 0 aromatic heterocycles. The Balaban J connectivity index is 3.03. The van der Waals surface area contributed by atoms with Crippen LogP contribution in [0.3, 0.4) is 0 Å². The highest BCUT2D eigenvalue weighted by atomic mass is 16.5. The third-order valence-corrected chi connectivity index (χ3v) is 3.34. The first-order chi connectivity index (χ1) is 10.0. The number of methoxy groups -OCH3 is 1. The molecule has 0 saturated heterocycles.